The van der Waals surface area contributed by atoms with E-state index < -0.39 is 0 Å². The lowest BCUT2D eigenvalue weighted by Crippen LogP contribution is -2.36. The summed E-state index contributed by atoms with van der Waals surface area (Å²) in [6.07, 6.45) is 7.47. The van der Waals surface area contributed by atoms with E-state index in [4.69, 9.17) is 0 Å². The van der Waals surface area contributed by atoms with Gasteiger partial charge < -0.3 is 15.2 Å². The van der Waals surface area contributed by atoms with Crippen molar-refractivity contribution in [3.05, 3.63) is 33.2 Å². The number of carbonyl (C=O) groups is 1. The molecule has 138 valence electrons. The number of aromatic amines is 1. The van der Waals surface area contributed by atoms with Crippen molar-refractivity contribution in [2.75, 3.05) is 26.2 Å². The maximum atomic E-state index is 13.0. The van der Waals surface area contributed by atoms with Crippen LogP contribution in [0.5, 0.6) is 0 Å². The monoisotopic (exact) mass is 365 g/mol. The summed E-state index contributed by atoms with van der Waals surface area (Å²) < 4.78 is 0. The van der Waals surface area contributed by atoms with Crippen molar-refractivity contribution < 1.29 is 4.79 Å². The average molecular weight is 366 g/mol. The second-order valence-corrected chi connectivity index (χ2v) is 7.62. The fourth-order valence-electron chi connectivity index (χ4n) is 4.60. The van der Waals surface area contributed by atoms with Gasteiger partial charge in [0.15, 0.2) is 0 Å². The summed E-state index contributed by atoms with van der Waals surface area (Å²) >= 11 is 0. The van der Waals surface area contributed by atoms with Crippen LogP contribution in [0.3, 0.4) is 0 Å². The second-order valence-electron chi connectivity index (χ2n) is 7.62. The Balaban J connectivity index is 0.00000182. The van der Waals surface area contributed by atoms with Gasteiger partial charge in [-0.1, -0.05) is 6.42 Å². The Kier molecular flexibility index (Phi) is 5.85. The van der Waals surface area contributed by atoms with Gasteiger partial charge in [0, 0.05) is 18.8 Å². The Labute approximate surface area is 155 Å². The molecule has 1 aliphatic carbocycles. The summed E-state index contributed by atoms with van der Waals surface area (Å²) in [5, 5.41) is 3.46. The van der Waals surface area contributed by atoms with E-state index in [9.17, 15) is 9.59 Å². The summed E-state index contributed by atoms with van der Waals surface area (Å²) in [7, 11) is 0. The van der Waals surface area contributed by atoms with Crippen LogP contribution in [0.4, 0.5) is 0 Å². The van der Waals surface area contributed by atoms with E-state index in [1.165, 1.54) is 12.0 Å². The first-order valence-corrected chi connectivity index (χ1v) is 9.47. The average Bonchev–Trinajstić information content (AvgIpc) is 2.79. The van der Waals surface area contributed by atoms with Gasteiger partial charge in [0.25, 0.3) is 11.5 Å². The summed E-state index contributed by atoms with van der Waals surface area (Å²) in [6.45, 7) is 3.70. The normalized spacial score (nSPS) is 26.0. The zero-order valence-electron chi connectivity index (χ0n) is 14.7. The fourth-order valence-corrected chi connectivity index (χ4v) is 4.60. The predicted octanol–water partition coefficient (Wildman–Crippen LogP) is 2.14. The van der Waals surface area contributed by atoms with Crippen molar-refractivity contribution in [2.45, 2.75) is 44.9 Å². The zero-order chi connectivity index (χ0) is 16.5. The van der Waals surface area contributed by atoms with Gasteiger partial charge in [-0.25, -0.2) is 0 Å². The third-order valence-corrected chi connectivity index (χ3v) is 6.13. The Morgan fingerprint density at radius 3 is 2.44 bits per heavy atom. The Bertz CT molecular complexity index is 674. The molecule has 1 aromatic rings. The number of H-pyrrole nitrogens is 1. The first kappa shape index (κ1) is 18.5. The number of aromatic nitrogens is 1. The molecular weight excluding hydrogens is 338 g/mol. The molecule has 0 saturated carbocycles. The number of halogens is 1. The molecule has 6 heteroatoms. The minimum absolute atomic E-state index is 0. The highest BCUT2D eigenvalue weighted by Gasteiger charge is 2.32. The molecule has 3 heterocycles. The van der Waals surface area contributed by atoms with E-state index in [1.54, 1.807) is 0 Å². The lowest BCUT2D eigenvalue weighted by Gasteiger charge is -2.21. The van der Waals surface area contributed by atoms with Crippen LogP contribution in [-0.2, 0) is 12.8 Å². The predicted molar refractivity (Wildman–Crippen MR) is 101 cm³/mol. The molecule has 1 amide bonds. The molecule has 25 heavy (non-hydrogen) atoms. The molecule has 2 saturated heterocycles. The van der Waals surface area contributed by atoms with Crippen LogP contribution in [0.15, 0.2) is 10.9 Å². The number of rotatable bonds is 1. The number of nitrogens with one attached hydrogen (secondary N) is 2. The van der Waals surface area contributed by atoms with Crippen LogP contribution in [0.25, 0.3) is 0 Å². The highest BCUT2D eigenvalue weighted by atomic mass is 35.5. The molecule has 4 rings (SSSR count). The first-order chi connectivity index (χ1) is 11.7. The molecule has 2 atom stereocenters. The summed E-state index contributed by atoms with van der Waals surface area (Å²) in [4.78, 5) is 30.3. The summed E-state index contributed by atoms with van der Waals surface area (Å²) in [5.74, 6) is 1.30. The van der Waals surface area contributed by atoms with Gasteiger partial charge in [0.05, 0.1) is 0 Å². The molecule has 5 nitrogen and oxygen atoms in total. The topological polar surface area (TPSA) is 65.2 Å². The lowest BCUT2D eigenvalue weighted by molar-refractivity contribution is 0.0756. The molecule has 0 bridgehead atoms. The first-order valence-electron chi connectivity index (χ1n) is 9.47. The second kappa shape index (κ2) is 7.92. The van der Waals surface area contributed by atoms with Crippen molar-refractivity contribution >= 4 is 18.3 Å². The number of hydrogen-bond acceptors (Lipinski definition) is 3. The molecule has 2 N–H and O–H groups in total. The summed E-state index contributed by atoms with van der Waals surface area (Å²) in [5.41, 5.74) is 2.37. The van der Waals surface area contributed by atoms with E-state index in [2.05, 4.69) is 10.3 Å². The number of fused-ring (bicyclic) bond motifs is 2. The minimum Gasteiger partial charge on any atom is -0.338 e. The van der Waals surface area contributed by atoms with Crippen LogP contribution in [0.2, 0.25) is 0 Å². The maximum Gasteiger partial charge on any atom is 0.261 e. The lowest BCUT2D eigenvalue weighted by atomic mass is 9.92. The van der Waals surface area contributed by atoms with Crippen LogP contribution >= 0.6 is 12.4 Å². The Morgan fingerprint density at radius 1 is 1.04 bits per heavy atom. The van der Waals surface area contributed by atoms with Crippen LogP contribution in [0, 0.1) is 11.8 Å². The fraction of sp³-hybridized carbons (Fsp3) is 0.684. The molecule has 0 aromatic carbocycles. The summed E-state index contributed by atoms with van der Waals surface area (Å²) in [6, 6.07) is 1.88. The number of amides is 1. The molecule has 3 aliphatic rings. The Hall–Kier alpha value is -1.33. The van der Waals surface area contributed by atoms with Gasteiger partial charge in [-0.15, -0.1) is 12.4 Å². The third-order valence-electron chi connectivity index (χ3n) is 6.13. The van der Waals surface area contributed by atoms with Crippen LogP contribution in [-0.4, -0.2) is 42.0 Å². The molecule has 0 spiro atoms. The molecular formula is C19H28ClN3O2. The smallest absolute Gasteiger partial charge is 0.261 e. The minimum atomic E-state index is -0.202. The van der Waals surface area contributed by atoms with Gasteiger partial charge in [-0.05, 0) is 75.1 Å². The van der Waals surface area contributed by atoms with Crippen molar-refractivity contribution in [3.8, 4) is 0 Å². The number of nitrogens with zero attached hydrogens (tertiary/aromatic N) is 1. The Morgan fingerprint density at radius 2 is 1.72 bits per heavy atom. The molecule has 0 radical (unpaired) electrons. The van der Waals surface area contributed by atoms with E-state index in [-0.39, 0.29) is 23.9 Å². The number of aryl methyl sites for hydroxylation is 2. The largest absolute Gasteiger partial charge is 0.338 e. The zero-order valence-corrected chi connectivity index (χ0v) is 15.5. The SMILES string of the molecule is Cl.O=C(c1cc2c([nH]c1=O)CCCCC2)N1CC[C@@H]2CNC[C@@H]2CC1. The molecule has 1 aromatic heterocycles. The van der Waals surface area contributed by atoms with Crippen molar-refractivity contribution in [3.63, 3.8) is 0 Å². The quantitative estimate of drug-likeness (QED) is 0.749. The molecule has 2 fully saturated rings. The molecule has 0 unspecified atom stereocenters. The van der Waals surface area contributed by atoms with Crippen LogP contribution < -0.4 is 10.9 Å². The highest BCUT2D eigenvalue weighted by molar-refractivity contribution is 5.94. The van der Waals surface area contributed by atoms with E-state index in [1.807, 2.05) is 11.0 Å². The van der Waals surface area contributed by atoms with Crippen LogP contribution in [0.1, 0.15) is 53.7 Å². The number of likely N-dealkylation sites (tertiary alicyclic amines) is 1. The number of hydrogen-bond donors (Lipinski definition) is 2. The van der Waals surface area contributed by atoms with E-state index in [0.29, 0.717) is 17.4 Å². The van der Waals surface area contributed by atoms with Gasteiger partial charge in [0.2, 0.25) is 0 Å². The molecule has 2 aliphatic heterocycles. The van der Waals surface area contributed by atoms with Gasteiger partial charge in [-0.2, -0.15) is 0 Å². The van der Waals surface area contributed by atoms with Crippen molar-refractivity contribution in [1.29, 1.82) is 0 Å². The van der Waals surface area contributed by atoms with Gasteiger partial charge in [-0.3, -0.25) is 9.59 Å². The number of pyridine rings is 1. The van der Waals surface area contributed by atoms with Gasteiger partial charge in [0.1, 0.15) is 5.56 Å². The highest BCUT2D eigenvalue weighted by Crippen LogP contribution is 2.27. The standard InChI is InChI=1S/C19H27N3O2.ClH/c23-18-16(10-13-4-2-1-3-5-17(13)21-18)19(24)22-8-6-14-11-20-12-15(14)7-9-22;/h10,14-15,20H,1-9,11-12H2,(H,21,23);1H/t14-,15+;. The van der Waals surface area contributed by atoms with Crippen molar-refractivity contribution in [1.82, 2.24) is 15.2 Å². The van der Waals surface area contributed by atoms with E-state index >= 15 is 0 Å². The van der Waals surface area contributed by atoms with Gasteiger partial charge >= 0.3 is 0 Å². The van der Waals surface area contributed by atoms with Crippen molar-refractivity contribution in [2.24, 2.45) is 11.8 Å². The number of carbonyl (C=O) groups excluding carboxylic acids is 1. The third kappa shape index (κ3) is 3.77. The van der Waals surface area contributed by atoms with E-state index in [0.717, 1.165) is 70.4 Å². The maximum absolute atomic E-state index is 13.0.